The number of amides is 2. The minimum atomic E-state index is -0.779. The number of aliphatic carboxylic acids is 1. The minimum Gasteiger partial charge on any atom is -0.481 e. The second-order valence-electron chi connectivity index (χ2n) is 4.49. The van der Waals surface area contributed by atoms with E-state index in [0.29, 0.717) is 13.0 Å². The van der Waals surface area contributed by atoms with E-state index in [0.717, 1.165) is 22.9 Å². The fourth-order valence-corrected chi connectivity index (χ4v) is 2.07. The van der Waals surface area contributed by atoms with Gasteiger partial charge in [-0.2, -0.15) is 0 Å². The SMILES string of the molecule is O=C(O)CCCCCNC(=O)N/C=C/c1cccc(Br)c1. The first-order valence-corrected chi connectivity index (χ1v) is 7.55. The summed E-state index contributed by atoms with van der Waals surface area (Å²) in [6, 6.07) is 7.46. The zero-order valence-electron chi connectivity index (χ0n) is 11.6. The van der Waals surface area contributed by atoms with Gasteiger partial charge in [0.2, 0.25) is 0 Å². The molecular weight excluding hydrogens is 336 g/mol. The first-order chi connectivity index (χ1) is 10.1. The molecule has 0 atom stereocenters. The van der Waals surface area contributed by atoms with Crippen LogP contribution in [0, 0.1) is 0 Å². The molecule has 0 radical (unpaired) electrons. The summed E-state index contributed by atoms with van der Waals surface area (Å²) < 4.78 is 0.982. The molecule has 0 heterocycles. The maximum absolute atomic E-state index is 11.5. The van der Waals surface area contributed by atoms with Crippen LogP contribution in [0.15, 0.2) is 34.9 Å². The highest BCUT2D eigenvalue weighted by Gasteiger charge is 1.98. The standard InChI is InChI=1S/C15H19BrN2O3/c16-13-6-4-5-12(11-13)8-10-18-15(21)17-9-3-1-2-7-14(19)20/h4-6,8,10-11H,1-3,7,9H2,(H,19,20)(H2,17,18,21)/b10-8+. The van der Waals surface area contributed by atoms with E-state index in [-0.39, 0.29) is 12.5 Å². The Morgan fingerprint density at radius 1 is 1.24 bits per heavy atom. The van der Waals surface area contributed by atoms with E-state index in [1.807, 2.05) is 24.3 Å². The summed E-state index contributed by atoms with van der Waals surface area (Å²) >= 11 is 3.38. The van der Waals surface area contributed by atoms with Crippen LogP contribution in [0.1, 0.15) is 31.2 Å². The van der Waals surface area contributed by atoms with Gasteiger partial charge in [0.05, 0.1) is 0 Å². The smallest absolute Gasteiger partial charge is 0.318 e. The van der Waals surface area contributed by atoms with Crippen LogP contribution in [0.2, 0.25) is 0 Å². The Balaban J connectivity index is 2.12. The second kappa shape index (κ2) is 9.99. The van der Waals surface area contributed by atoms with Crippen LogP contribution in [0.25, 0.3) is 6.08 Å². The monoisotopic (exact) mass is 354 g/mol. The van der Waals surface area contributed by atoms with Crippen molar-refractivity contribution in [3.63, 3.8) is 0 Å². The zero-order valence-corrected chi connectivity index (χ0v) is 13.2. The van der Waals surface area contributed by atoms with Crippen molar-refractivity contribution in [2.24, 2.45) is 0 Å². The molecule has 2 amide bonds. The maximum atomic E-state index is 11.5. The Morgan fingerprint density at radius 3 is 2.76 bits per heavy atom. The van der Waals surface area contributed by atoms with Crippen LogP contribution in [0.5, 0.6) is 0 Å². The van der Waals surface area contributed by atoms with Gasteiger partial charge in [0.25, 0.3) is 0 Å². The van der Waals surface area contributed by atoms with Crippen LogP contribution in [0.4, 0.5) is 4.79 Å². The molecule has 5 nitrogen and oxygen atoms in total. The molecule has 0 aliphatic heterocycles. The number of halogens is 1. The molecular formula is C15H19BrN2O3. The third-order valence-corrected chi connectivity index (χ3v) is 3.19. The zero-order chi connectivity index (χ0) is 15.5. The van der Waals surface area contributed by atoms with Gasteiger partial charge in [-0.15, -0.1) is 0 Å². The largest absolute Gasteiger partial charge is 0.481 e. The van der Waals surface area contributed by atoms with Crippen LogP contribution in [-0.2, 0) is 4.79 Å². The lowest BCUT2D eigenvalue weighted by Crippen LogP contribution is -2.32. The number of hydrogen-bond donors (Lipinski definition) is 3. The van der Waals surface area contributed by atoms with Crippen LogP contribution in [-0.4, -0.2) is 23.7 Å². The first-order valence-electron chi connectivity index (χ1n) is 6.76. The quantitative estimate of drug-likeness (QED) is 0.626. The molecule has 0 saturated carbocycles. The fraction of sp³-hybridized carbons (Fsp3) is 0.333. The van der Waals surface area contributed by atoms with E-state index in [1.54, 1.807) is 12.3 Å². The Labute approximate surface area is 132 Å². The number of benzene rings is 1. The average molecular weight is 355 g/mol. The van der Waals surface area contributed by atoms with E-state index < -0.39 is 5.97 Å². The lowest BCUT2D eigenvalue weighted by Gasteiger charge is -2.04. The third kappa shape index (κ3) is 8.86. The highest BCUT2D eigenvalue weighted by atomic mass is 79.9. The normalized spacial score (nSPS) is 10.5. The number of carboxylic acids is 1. The molecule has 0 fully saturated rings. The van der Waals surface area contributed by atoms with Gasteiger partial charge in [-0.1, -0.05) is 34.5 Å². The lowest BCUT2D eigenvalue weighted by atomic mass is 10.2. The Morgan fingerprint density at radius 2 is 2.05 bits per heavy atom. The fourth-order valence-electron chi connectivity index (χ4n) is 1.65. The number of carbonyl (C=O) groups is 2. The Kier molecular flexibility index (Phi) is 8.19. The van der Waals surface area contributed by atoms with Crippen molar-refractivity contribution in [2.75, 3.05) is 6.54 Å². The molecule has 0 aromatic heterocycles. The van der Waals surface area contributed by atoms with Crippen LogP contribution < -0.4 is 10.6 Å². The Hall–Kier alpha value is -1.82. The molecule has 1 rings (SSSR count). The van der Waals surface area contributed by atoms with Gasteiger partial charge >= 0.3 is 12.0 Å². The number of carboxylic acid groups (broad SMARTS) is 1. The van der Waals surface area contributed by atoms with Gasteiger partial charge in [0, 0.05) is 23.6 Å². The van der Waals surface area contributed by atoms with Gasteiger partial charge in [-0.05, 0) is 36.6 Å². The van der Waals surface area contributed by atoms with Gasteiger partial charge < -0.3 is 15.7 Å². The highest BCUT2D eigenvalue weighted by Crippen LogP contribution is 2.12. The van der Waals surface area contributed by atoms with Crippen molar-refractivity contribution in [1.82, 2.24) is 10.6 Å². The van der Waals surface area contributed by atoms with Crippen molar-refractivity contribution in [1.29, 1.82) is 0 Å². The molecule has 0 unspecified atom stereocenters. The number of carbonyl (C=O) groups excluding carboxylic acids is 1. The predicted octanol–water partition coefficient (Wildman–Crippen LogP) is 3.36. The summed E-state index contributed by atoms with van der Waals surface area (Å²) in [5.74, 6) is -0.779. The number of nitrogens with one attached hydrogen (secondary N) is 2. The summed E-state index contributed by atoms with van der Waals surface area (Å²) in [7, 11) is 0. The van der Waals surface area contributed by atoms with E-state index >= 15 is 0 Å². The van der Waals surface area contributed by atoms with E-state index in [2.05, 4.69) is 26.6 Å². The Bertz CT molecular complexity index is 503. The number of hydrogen-bond acceptors (Lipinski definition) is 2. The number of rotatable bonds is 8. The molecule has 0 aliphatic rings. The van der Waals surface area contributed by atoms with Crippen molar-refractivity contribution in [3.05, 3.63) is 40.5 Å². The van der Waals surface area contributed by atoms with Gasteiger partial charge in [0.1, 0.15) is 0 Å². The third-order valence-electron chi connectivity index (χ3n) is 2.69. The van der Waals surface area contributed by atoms with Crippen LogP contribution >= 0.6 is 15.9 Å². The molecule has 114 valence electrons. The van der Waals surface area contributed by atoms with Crippen molar-refractivity contribution < 1.29 is 14.7 Å². The van der Waals surface area contributed by atoms with Gasteiger partial charge in [-0.3, -0.25) is 4.79 Å². The summed E-state index contributed by atoms with van der Waals surface area (Å²) in [5, 5.41) is 13.8. The van der Waals surface area contributed by atoms with Crippen molar-refractivity contribution in [3.8, 4) is 0 Å². The predicted molar refractivity (Wildman–Crippen MR) is 85.8 cm³/mol. The number of urea groups is 1. The van der Waals surface area contributed by atoms with Gasteiger partial charge in [0.15, 0.2) is 0 Å². The second-order valence-corrected chi connectivity index (χ2v) is 5.41. The molecule has 0 saturated heterocycles. The van der Waals surface area contributed by atoms with Crippen molar-refractivity contribution >= 4 is 34.0 Å². The summed E-state index contributed by atoms with van der Waals surface area (Å²) in [6.45, 7) is 0.538. The lowest BCUT2D eigenvalue weighted by molar-refractivity contribution is -0.137. The van der Waals surface area contributed by atoms with Crippen molar-refractivity contribution in [2.45, 2.75) is 25.7 Å². The molecule has 0 spiro atoms. The molecule has 0 bridgehead atoms. The summed E-state index contributed by atoms with van der Waals surface area (Å²) in [6.07, 6.45) is 5.78. The molecule has 3 N–H and O–H groups in total. The van der Waals surface area contributed by atoms with E-state index in [4.69, 9.17) is 5.11 Å². The van der Waals surface area contributed by atoms with E-state index in [1.165, 1.54) is 0 Å². The van der Waals surface area contributed by atoms with Gasteiger partial charge in [-0.25, -0.2) is 4.79 Å². The summed E-state index contributed by atoms with van der Waals surface area (Å²) in [4.78, 5) is 21.8. The minimum absolute atomic E-state index is 0.182. The van der Waals surface area contributed by atoms with E-state index in [9.17, 15) is 9.59 Å². The first kappa shape index (κ1) is 17.2. The molecule has 1 aromatic rings. The molecule has 6 heteroatoms. The number of unbranched alkanes of at least 4 members (excludes halogenated alkanes) is 2. The summed E-state index contributed by atoms with van der Waals surface area (Å²) in [5.41, 5.74) is 0.985. The molecule has 21 heavy (non-hydrogen) atoms. The topological polar surface area (TPSA) is 78.4 Å². The molecule has 1 aromatic carbocycles. The maximum Gasteiger partial charge on any atom is 0.318 e. The molecule has 0 aliphatic carbocycles. The van der Waals surface area contributed by atoms with Crippen LogP contribution in [0.3, 0.4) is 0 Å². The average Bonchev–Trinajstić information content (AvgIpc) is 2.42. The highest BCUT2D eigenvalue weighted by molar-refractivity contribution is 9.10.